The van der Waals surface area contributed by atoms with Crippen molar-refractivity contribution in [2.45, 2.75) is 12.6 Å². The Kier molecular flexibility index (Phi) is 5.37. The Bertz CT molecular complexity index is 650. The maximum Gasteiger partial charge on any atom is 0.151 e. The average Bonchev–Trinajstić information content (AvgIpc) is 3.09. The van der Waals surface area contributed by atoms with Gasteiger partial charge in [0.2, 0.25) is 0 Å². The molecule has 3 heterocycles. The van der Waals surface area contributed by atoms with Crippen LogP contribution < -0.4 is 5.73 Å². The van der Waals surface area contributed by atoms with Gasteiger partial charge in [-0.3, -0.25) is 4.90 Å². The molecule has 126 valence electrons. The zero-order valence-electron chi connectivity index (χ0n) is 13.2. The number of methoxy groups -OCH3 is 1. The van der Waals surface area contributed by atoms with E-state index in [2.05, 4.69) is 19.9 Å². The third kappa shape index (κ3) is 3.77. The van der Waals surface area contributed by atoms with Crippen molar-refractivity contribution in [1.29, 1.82) is 0 Å². The van der Waals surface area contributed by atoms with Crippen LogP contribution >= 0.6 is 11.8 Å². The lowest BCUT2D eigenvalue weighted by Gasteiger charge is -2.14. The molecule has 8 heteroatoms. The number of β-amino-alcohol motifs (C(OH)–C–C–N with tert-alkyl or cyclic N) is 1. The number of hydrogen-bond acceptors (Lipinski definition) is 7. The number of rotatable bonds is 7. The molecule has 0 aliphatic carbocycles. The molecule has 1 aliphatic rings. The Morgan fingerprint density at radius 1 is 1.48 bits per heavy atom. The van der Waals surface area contributed by atoms with E-state index in [1.165, 1.54) is 6.33 Å². The Hall–Kier alpha value is -1.35. The smallest absolute Gasteiger partial charge is 0.151 e. The maximum atomic E-state index is 10.3. The molecule has 3 rings (SSSR count). The van der Waals surface area contributed by atoms with Crippen LogP contribution in [0.25, 0.3) is 11.0 Å². The van der Waals surface area contributed by atoms with Gasteiger partial charge in [0.1, 0.15) is 11.8 Å². The van der Waals surface area contributed by atoms with Gasteiger partial charge in [0, 0.05) is 50.2 Å². The van der Waals surface area contributed by atoms with E-state index in [-0.39, 0.29) is 6.10 Å². The van der Waals surface area contributed by atoms with Crippen LogP contribution in [0.3, 0.4) is 0 Å². The molecule has 0 radical (unpaired) electrons. The molecule has 7 nitrogen and oxygen atoms in total. The maximum absolute atomic E-state index is 10.3. The minimum Gasteiger partial charge on any atom is -0.391 e. The first-order valence-corrected chi connectivity index (χ1v) is 8.88. The van der Waals surface area contributed by atoms with E-state index in [0.29, 0.717) is 18.3 Å². The summed E-state index contributed by atoms with van der Waals surface area (Å²) in [6.07, 6.45) is 3.15. The standard InChI is InChI=1S/C15H23N5O2S/c1-22-2-3-23-8-11-6-20(7-12(11)21)5-10-4-17-14-13(10)18-9-19-15(14)16/h4,9,11-12,17,21H,2-3,5-8H2,1H3,(H2,16,18,19)/t11-,12-/m1/s1. The third-order valence-corrected chi connectivity index (χ3v) is 5.33. The van der Waals surface area contributed by atoms with Gasteiger partial charge < -0.3 is 20.6 Å². The third-order valence-electron chi connectivity index (χ3n) is 4.21. The van der Waals surface area contributed by atoms with Crippen molar-refractivity contribution >= 4 is 28.6 Å². The number of nitrogens with one attached hydrogen (secondary N) is 1. The number of anilines is 1. The van der Waals surface area contributed by atoms with E-state index in [9.17, 15) is 5.11 Å². The minimum atomic E-state index is -0.269. The number of aliphatic hydroxyl groups excluding tert-OH is 1. The lowest BCUT2D eigenvalue weighted by Crippen LogP contribution is -2.21. The molecular weight excluding hydrogens is 314 g/mol. The van der Waals surface area contributed by atoms with E-state index in [1.54, 1.807) is 7.11 Å². The van der Waals surface area contributed by atoms with E-state index in [1.807, 2.05) is 18.0 Å². The quantitative estimate of drug-likeness (QED) is 0.640. The first kappa shape index (κ1) is 16.5. The number of hydrogen-bond donors (Lipinski definition) is 3. The molecule has 1 aliphatic heterocycles. The minimum absolute atomic E-state index is 0.269. The van der Waals surface area contributed by atoms with Gasteiger partial charge in [0.05, 0.1) is 18.2 Å². The number of ether oxygens (including phenoxy) is 1. The van der Waals surface area contributed by atoms with Crippen LogP contribution in [0.4, 0.5) is 5.82 Å². The Balaban J connectivity index is 1.59. The number of aromatic amines is 1. The molecule has 0 unspecified atom stereocenters. The Labute approximate surface area is 139 Å². The highest BCUT2D eigenvalue weighted by molar-refractivity contribution is 7.99. The second-order valence-electron chi connectivity index (χ2n) is 5.89. The molecule has 1 saturated heterocycles. The number of likely N-dealkylation sites (tertiary alicyclic amines) is 1. The van der Waals surface area contributed by atoms with Crippen molar-refractivity contribution in [2.24, 2.45) is 5.92 Å². The highest BCUT2D eigenvalue weighted by atomic mass is 32.2. The zero-order chi connectivity index (χ0) is 16.2. The average molecular weight is 337 g/mol. The summed E-state index contributed by atoms with van der Waals surface area (Å²) in [6, 6.07) is 0. The van der Waals surface area contributed by atoms with Gasteiger partial charge in [0.25, 0.3) is 0 Å². The van der Waals surface area contributed by atoms with Crippen molar-refractivity contribution in [3.05, 3.63) is 18.1 Å². The molecule has 0 bridgehead atoms. The molecule has 0 aromatic carbocycles. The zero-order valence-corrected chi connectivity index (χ0v) is 14.1. The predicted molar refractivity (Wildman–Crippen MR) is 92.3 cm³/mol. The molecular formula is C15H23N5O2S. The second kappa shape index (κ2) is 7.48. The lowest BCUT2D eigenvalue weighted by molar-refractivity contribution is 0.149. The number of H-pyrrole nitrogens is 1. The fourth-order valence-electron chi connectivity index (χ4n) is 2.99. The van der Waals surface area contributed by atoms with Crippen molar-refractivity contribution < 1.29 is 9.84 Å². The number of aliphatic hydroxyl groups is 1. The lowest BCUT2D eigenvalue weighted by atomic mass is 10.1. The molecule has 1 fully saturated rings. The van der Waals surface area contributed by atoms with Gasteiger partial charge in [-0.05, 0) is 5.75 Å². The fraction of sp³-hybridized carbons (Fsp3) is 0.600. The summed E-state index contributed by atoms with van der Waals surface area (Å²) >= 11 is 1.84. The van der Waals surface area contributed by atoms with E-state index < -0.39 is 0 Å². The van der Waals surface area contributed by atoms with Gasteiger partial charge in [0.15, 0.2) is 5.82 Å². The summed E-state index contributed by atoms with van der Waals surface area (Å²) < 4.78 is 5.06. The van der Waals surface area contributed by atoms with Crippen molar-refractivity contribution in [3.8, 4) is 0 Å². The number of nitrogen functional groups attached to an aromatic ring is 1. The number of nitrogens with two attached hydrogens (primary N) is 1. The van der Waals surface area contributed by atoms with Crippen LogP contribution in [0.1, 0.15) is 5.56 Å². The normalized spacial score (nSPS) is 22.2. The monoisotopic (exact) mass is 337 g/mol. The van der Waals surface area contributed by atoms with Crippen molar-refractivity contribution in [2.75, 3.05) is 44.0 Å². The van der Waals surface area contributed by atoms with Crippen LogP contribution in [0.5, 0.6) is 0 Å². The van der Waals surface area contributed by atoms with Crippen molar-refractivity contribution in [3.63, 3.8) is 0 Å². The number of fused-ring (bicyclic) bond motifs is 1. The molecule has 0 spiro atoms. The Morgan fingerprint density at radius 3 is 3.17 bits per heavy atom. The summed E-state index contributed by atoms with van der Waals surface area (Å²) in [6.45, 7) is 3.11. The first-order valence-electron chi connectivity index (χ1n) is 7.72. The summed E-state index contributed by atoms with van der Waals surface area (Å²) in [7, 11) is 1.71. The van der Waals surface area contributed by atoms with Crippen LogP contribution in [0.2, 0.25) is 0 Å². The van der Waals surface area contributed by atoms with Gasteiger partial charge in [-0.15, -0.1) is 0 Å². The number of thioether (sulfide) groups is 1. The van der Waals surface area contributed by atoms with Crippen LogP contribution in [0.15, 0.2) is 12.5 Å². The van der Waals surface area contributed by atoms with Crippen LogP contribution in [-0.2, 0) is 11.3 Å². The topological polar surface area (TPSA) is 100 Å². The summed E-state index contributed by atoms with van der Waals surface area (Å²) in [5.41, 5.74) is 8.60. The SMILES string of the molecule is COCCSC[C@H]1CN(Cc2c[nH]c3c(N)ncnc23)C[C@H]1O. The highest BCUT2D eigenvalue weighted by Crippen LogP contribution is 2.25. The largest absolute Gasteiger partial charge is 0.391 e. The van der Waals surface area contributed by atoms with Gasteiger partial charge in [-0.2, -0.15) is 11.8 Å². The molecule has 2 aromatic rings. The molecule has 23 heavy (non-hydrogen) atoms. The highest BCUT2D eigenvalue weighted by Gasteiger charge is 2.31. The fourth-order valence-corrected chi connectivity index (χ4v) is 4.07. The number of aromatic nitrogens is 3. The summed E-state index contributed by atoms with van der Waals surface area (Å²) in [5, 5.41) is 10.3. The molecule has 4 N–H and O–H groups in total. The van der Waals surface area contributed by atoms with Gasteiger partial charge in [-0.1, -0.05) is 0 Å². The molecule has 0 amide bonds. The van der Waals surface area contributed by atoms with E-state index in [4.69, 9.17) is 10.5 Å². The van der Waals surface area contributed by atoms with E-state index in [0.717, 1.165) is 47.8 Å². The molecule has 2 aromatic heterocycles. The van der Waals surface area contributed by atoms with Crippen LogP contribution in [0, 0.1) is 5.92 Å². The second-order valence-corrected chi connectivity index (χ2v) is 7.04. The summed E-state index contributed by atoms with van der Waals surface area (Å²) in [4.78, 5) is 13.7. The van der Waals surface area contributed by atoms with Gasteiger partial charge >= 0.3 is 0 Å². The van der Waals surface area contributed by atoms with E-state index >= 15 is 0 Å². The predicted octanol–water partition coefficient (Wildman–Crippen LogP) is 0.712. The first-order chi connectivity index (χ1) is 11.2. The van der Waals surface area contributed by atoms with Crippen molar-refractivity contribution in [1.82, 2.24) is 19.9 Å². The van der Waals surface area contributed by atoms with Gasteiger partial charge in [-0.25, -0.2) is 9.97 Å². The molecule has 2 atom stereocenters. The summed E-state index contributed by atoms with van der Waals surface area (Å²) in [5.74, 6) is 2.71. The number of nitrogens with zero attached hydrogens (tertiary/aromatic N) is 3. The van der Waals surface area contributed by atoms with Crippen LogP contribution in [-0.4, -0.2) is 69.4 Å². The molecule has 0 saturated carbocycles. The Morgan fingerprint density at radius 2 is 2.35 bits per heavy atom.